The van der Waals surface area contributed by atoms with Gasteiger partial charge in [0.1, 0.15) is 5.69 Å². The van der Waals surface area contributed by atoms with E-state index in [2.05, 4.69) is 31.8 Å². The molecular weight excluding hydrogens is 438 g/mol. The Morgan fingerprint density at radius 1 is 1.15 bits per heavy atom. The van der Waals surface area contributed by atoms with Crippen LogP contribution in [0.15, 0.2) is 47.7 Å². The van der Waals surface area contributed by atoms with E-state index >= 15 is 0 Å². The monoisotopic (exact) mass is 469 g/mol. The minimum absolute atomic E-state index is 0.289. The molecule has 2 aromatic rings. The normalized spacial score (nSPS) is 18.8. The molecular formula is C25H32ClN5O2. The van der Waals surface area contributed by atoms with Crippen molar-refractivity contribution in [2.45, 2.75) is 45.2 Å². The zero-order chi connectivity index (χ0) is 23.0. The van der Waals surface area contributed by atoms with Crippen LogP contribution >= 0.6 is 11.6 Å². The van der Waals surface area contributed by atoms with Crippen LogP contribution in [-0.4, -0.2) is 53.8 Å². The molecule has 2 aliphatic rings. The number of hydrogen-bond donors (Lipinski definition) is 2. The number of carbonyl (C=O) groups excluding carboxylic acids is 1. The fourth-order valence-electron chi connectivity index (χ4n) is 4.36. The second kappa shape index (κ2) is 11.6. The van der Waals surface area contributed by atoms with Crippen molar-refractivity contribution in [1.82, 2.24) is 15.3 Å². The first-order chi connectivity index (χ1) is 16.1. The quantitative estimate of drug-likeness (QED) is 0.465. The summed E-state index contributed by atoms with van der Waals surface area (Å²) >= 11 is 6.30. The summed E-state index contributed by atoms with van der Waals surface area (Å²) in [5.74, 6) is 0.0786. The number of piperidine rings is 1. The van der Waals surface area contributed by atoms with Gasteiger partial charge < -0.3 is 10.1 Å². The van der Waals surface area contributed by atoms with Gasteiger partial charge in [-0.15, -0.1) is 0 Å². The zero-order valence-corrected chi connectivity index (χ0v) is 19.9. The van der Waals surface area contributed by atoms with E-state index < -0.39 is 0 Å². The van der Waals surface area contributed by atoms with E-state index in [1.165, 1.54) is 0 Å². The lowest BCUT2D eigenvalue weighted by atomic mass is 9.92. The number of rotatable bonds is 7. The van der Waals surface area contributed by atoms with Gasteiger partial charge in [-0.1, -0.05) is 29.8 Å². The summed E-state index contributed by atoms with van der Waals surface area (Å²) in [5.41, 5.74) is 6.07. The number of hydrogen-bond acceptors (Lipinski definition) is 6. The molecule has 0 saturated carbocycles. The average Bonchev–Trinajstić information content (AvgIpc) is 2.85. The number of nitrogens with zero attached hydrogens (tertiary/aromatic N) is 3. The fourth-order valence-corrected chi connectivity index (χ4v) is 4.55. The molecule has 3 heterocycles. The largest absolute Gasteiger partial charge is 0.381 e. The van der Waals surface area contributed by atoms with Crippen LogP contribution in [-0.2, 0) is 11.3 Å². The summed E-state index contributed by atoms with van der Waals surface area (Å²) in [6.45, 7) is 6.39. The Morgan fingerprint density at radius 3 is 2.61 bits per heavy atom. The first-order valence-electron chi connectivity index (χ1n) is 11.7. The molecule has 2 fully saturated rings. The van der Waals surface area contributed by atoms with Crippen LogP contribution in [0.2, 0.25) is 5.02 Å². The number of aromatic nitrogens is 1. The number of nitrogens with one attached hydrogen (secondary N) is 2. The third-order valence-electron chi connectivity index (χ3n) is 6.45. The van der Waals surface area contributed by atoms with Gasteiger partial charge in [-0.2, -0.15) is 5.10 Å². The van der Waals surface area contributed by atoms with Crippen molar-refractivity contribution < 1.29 is 9.53 Å². The second-order valence-corrected chi connectivity index (χ2v) is 9.21. The molecule has 7 nitrogen and oxygen atoms in total. The summed E-state index contributed by atoms with van der Waals surface area (Å²) in [6.07, 6.45) is 5.70. The number of benzene rings is 1. The van der Waals surface area contributed by atoms with Crippen molar-refractivity contribution in [3.63, 3.8) is 0 Å². The smallest absolute Gasteiger partial charge is 0.289 e. The van der Waals surface area contributed by atoms with Crippen LogP contribution in [0.25, 0.3) is 0 Å². The summed E-state index contributed by atoms with van der Waals surface area (Å²) in [6, 6.07) is 12.0. The van der Waals surface area contributed by atoms with Crippen molar-refractivity contribution in [3.8, 4) is 0 Å². The van der Waals surface area contributed by atoms with E-state index in [-0.39, 0.29) is 5.91 Å². The highest BCUT2D eigenvalue weighted by atomic mass is 35.5. The predicted octanol–water partition coefficient (Wildman–Crippen LogP) is 4.34. The SMILES string of the molecule is CC(=NNC(=O)c1ccc(NC2CCOCC2)cn1)C1CCN(Cc2ccccc2Cl)CC1. The number of anilines is 1. The Balaban J connectivity index is 1.23. The fraction of sp³-hybridized carbons (Fsp3) is 0.480. The second-order valence-electron chi connectivity index (χ2n) is 8.80. The highest BCUT2D eigenvalue weighted by Gasteiger charge is 2.22. The maximum Gasteiger partial charge on any atom is 0.289 e. The van der Waals surface area contributed by atoms with E-state index in [9.17, 15) is 4.79 Å². The Morgan fingerprint density at radius 2 is 1.91 bits per heavy atom. The van der Waals surface area contributed by atoms with Gasteiger partial charge in [0.15, 0.2) is 0 Å². The first-order valence-corrected chi connectivity index (χ1v) is 12.1. The molecule has 1 amide bonds. The molecule has 0 radical (unpaired) electrons. The van der Waals surface area contributed by atoms with Gasteiger partial charge in [-0.05, 0) is 69.5 Å². The Labute approximate surface area is 200 Å². The molecule has 1 aromatic carbocycles. The summed E-state index contributed by atoms with van der Waals surface area (Å²) in [5, 5.41) is 8.64. The Bertz CT molecular complexity index is 952. The molecule has 0 bridgehead atoms. The Kier molecular flexibility index (Phi) is 8.31. The molecule has 2 N–H and O–H groups in total. The predicted molar refractivity (Wildman–Crippen MR) is 132 cm³/mol. The third-order valence-corrected chi connectivity index (χ3v) is 6.82. The lowest BCUT2D eigenvalue weighted by molar-refractivity contribution is 0.0904. The highest BCUT2D eigenvalue weighted by molar-refractivity contribution is 6.31. The van der Waals surface area contributed by atoms with Crippen LogP contribution in [0.4, 0.5) is 5.69 Å². The van der Waals surface area contributed by atoms with E-state index in [0.717, 1.165) is 80.5 Å². The number of likely N-dealkylation sites (tertiary alicyclic amines) is 1. The molecule has 2 saturated heterocycles. The maximum absolute atomic E-state index is 12.5. The van der Waals surface area contributed by atoms with Crippen LogP contribution in [0.5, 0.6) is 0 Å². The van der Waals surface area contributed by atoms with E-state index in [4.69, 9.17) is 16.3 Å². The van der Waals surface area contributed by atoms with Gasteiger partial charge in [-0.25, -0.2) is 10.4 Å². The first kappa shape index (κ1) is 23.7. The van der Waals surface area contributed by atoms with Crippen molar-refractivity contribution in [3.05, 3.63) is 58.9 Å². The molecule has 2 aliphatic heterocycles. The molecule has 33 heavy (non-hydrogen) atoms. The number of pyridine rings is 1. The zero-order valence-electron chi connectivity index (χ0n) is 19.1. The summed E-state index contributed by atoms with van der Waals surface area (Å²) < 4.78 is 5.38. The topological polar surface area (TPSA) is 78.8 Å². The molecule has 4 rings (SSSR count). The standard InChI is InChI=1S/C25H32ClN5O2/c1-18(19-8-12-31(13-9-19)17-20-4-2-3-5-23(20)26)29-30-25(32)24-7-6-22(16-27-24)28-21-10-14-33-15-11-21/h2-7,16,19,21,28H,8-15,17H2,1H3,(H,30,32). The van der Waals surface area contributed by atoms with E-state index in [0.29, 0.717) is 17.7 Å². The number of hydrazone groups is 1. The molecule has 0 unspecified atom stereocenters. The van der Waals surface area contributed by atoms with Crippen molar-refractivity contribution in [2.24, 2.45) is 11.0 Å². The highest BCUT2D eigenvalue weighted by Crippen LogP contribution is 2.23. The number of amides is 1. The lowest BCUT2D eigenvalue weighted by Crippen LogP contribution is -2.36. The minimum atomic E-state index is -0.289. The summed E-state index contributed by atoms with van der Waals surface area (Å²) in [4.78, 5) is 19.2. The minimum Gasteiger partial charge on any atom is -0.381 e. The van der Waals surface area contributed by atoms with Gasteiger partial charge in [0, 0.05) is 42.5 Å². The number of halogens is 1. The number of carbonyl (C=O) groups is 1. The van der Waals surface area contributed by atoms with Crippen LogP contribution < -0.4 is 10.7 Å². The molecule has 176 valence electrons. The molecule has 1 aromatic heterocycles. The van der Waals surface area contributed by atoms with E-state index in [1.807, 2.05) is 31.2 Å². The lowest BCUT2D eigenvalue weighted by Gasteiger charge is -2.32. The van der Waals surface area contributed by atoms with Crippen molar-refractivity contribution in [2.75, 3.05) is 31.6 Å². The number of ether oxygens (including phenoxy) is 1. The van der Waals surface area contributed by atoms with Gasteiger partial charge in [0.05, 0.1) is 11.9 Å². The van der Waals surface area contributed by atoms with Gasteiger partial charge >= 0.3 is 0 Å². The molecule has 0 atom stereocenters. The van der Waals surface area contributed by atoms with Crippen LogP contribution in [0.1, 0.15) is 48.7 Å². The van der Waals surface area contributed by atoms with Crippen LogP contribution in [0, 0.1) is 5.92 Å². The van der Waals surface area contributed by atoms with Gasteiger partial charge in [0.25, 0.3) is 5.91 Å². The van der Waals surface area contributed by atoms with E-state index in [1.54, 1.807) is 12.3 Å². The Hall–Kier alpha value is -2.48. The van der Waals surface area contributed by atoms with Crippen molar-refractivity contribution in [1.29, 1.82) is 0 Å². The molecule has 8 heteroatoms. The summed E-state index contributed by atoms with van der Waals surface area (Å²) in [7, 11) is 0. The van der Waals surface area contributed by atoms with Crippen molar-refractivity contribution >= 4 is 28.9 Å². The van der Waals surface area contributed by atoms with Crippen LogP contribution in [0.3, 0.4) is 0 Å². The maximum atomic E-state index is 12.5. The third kappa shape index (κ3) is 6.76. The average molecular weight is 470 g/mol. The van der Waals surface area contributed by atoms with Gasteiger partial charge in [-0.3, -0.25) is 9.69 Å². The molecule has 0 spiro atoms. The van der Waals surface area contributed by atoms with Gasteiger partial charge in [0.2, 0.25) is 0 Å². The molecule has 0 aliphatic carbocycles.